The van der Waals surface area contributed by atoms with Crippen LogP contribution in [0.5, 0.6) is 0 Å². The summed E-state index contributed by atoms with van der Waals surface area (Å²) >= 11 is 0. The van der Waals surface area contributed by atoms with Crippen LogP contribution in [0.3, 0.4) is 0 Å². The molecule has 0 saturated carbocycles. The second-order valence-electron chi connectivity index (χ2n) is 3.12. The van der Waals surface area contributed by atoms with E-state index in [2.05, 4.69) is 5.32 Å². The minimum Gasteiger partial charge on any atom is -0.368 e. The summed E-state index contributed by atoms with van der Waals surface area (Å²) in [5.74, 6) is -0.217. The molecule has 1 atom stereocenters. The molecule has 0 aromatic rings. The van der Waals surface area contributed by atoms with Crippen LogP contribution in [-0.4, -0.2) is 25.2 Å². The zero-order valence-electron chi connectivity index (χ0n) is 7.64. The van der Waals surface area contributed by atoms with Gasteiger partial charge in [0.15, 0.2) is 0 Å². The lowest BCUT2D eigenvalue weighted by Crippen LogP contribution is -2.45. The third kappa shape index (κ3) is 4.28. The molecule has 0 aliphatic rings. The molecule has 0 aliphatic heterocycles. The van der Waals surface area contributed by atoms with Crippen LogP contribution in [0.2, 0.25) is 0 Å². The van der Waals surface area contributed by atoms with Crippen molar-refractivity contribution in [1.29, 1.82) is 0 Å². The zero-order valence-corrected chi connectivity index (χ0v) is 7.64. The maximum absolute atomic E-state index is 11.7. The topological polar surface area (TPSA) is 55.1 Å². The van der Waals surface area contributed by atoms with Gasteiger partial charge in [0.2, 0.25) is 5.91 Å². The second kappa shape index (κ2) is 5.94. The van der Waals surface area contributed by atoms with Gasteiger partial charge in [0, 0.05) is 0 Å². The fourth-order valence-electron chi connectivity index (χ4n) is 0.989. The summed E-state index contributed by atoms with van der Waals surface area (Å²) in [7, 11) is 0. The fourth-order valence-corrected chi connectivity index (χ4v) is 0.989. The highest BCUT2D eigenvalue weighted by atomic mass is 19.1. The molecule has 0 rings (SSSR count). The summed E-state index contributed by atoms with van der Waals surface area (Å²) in [6.07, 6.45) is 0.427. The van der Waals surface area contributed by atoms with Gasteiger partial charge in [0.1, 0.15) is 0 Å². The van der Waals surface area contributed by atoms with Gasteiger partial charge in [-0.05, 0) is 18.9 Å². The van der Waals surface area contributed by atoms with Gasteiger partial charge in [-0.1, -0.05) is 13.8 Å². The molecule has 3 N–H and O–H groups in total. The average Bonchev–Trinajstić information content (AvgIpc) is 1.96. The molecule has 0 aliphatic carbocycles. The third-order valence-corrected chi connectivity index (χ3v) is 1.65. The van der Waals surface area contributed by atoms with Crippen LogP contribution in [0.25, 0.3) is 0 Å². The first kappa shape index (κ1) is 11.4. The normalized spacial score (nSPS) is 13.3. The number of primary amides is 1. The summed E-state index contributed by atoms with van der Waals surface area (Å²) in [4.78, 5) is 10.8. The van der Waals surface area contributed by atoms with Gasteiger partial charge in [0.25, 0.3) is 0 Å². The van der Waals surface area contributed by atoms with E-state index in [1.54, 1.807) is 0 Å². The SMILES string of the molecule is CC(C)C(NCCCF)C(N)=O. The van der Waals surface area contributed by atoms with Gasteiger partial charge in [-0.2, -0.15) is 0 Å². The van der Waals surface area contributed by atoms with E-state index in [-0.39, 0.29) is 24.5 Å². The summed E-state index contributed by atoms with van der Waals surface area (Å²) in [6, 6.07) is -0.337. The Morgan fingerprint density at radius 3 is 2.50 bits per heavy atom. The lowest BCUT2D eigenvalue weighted by molar-refractivity contribution is -0.121. The molecule has 0 aromatic carbocycles. The Morgan fingerprint density at radius 1 is 1.58 bits per heavy atom. The number of rotatable bonds is 6. The highest BCUT2D eigenvalue weighted by molar-refractivity contribution is 5.80. The molecular formula is C8H17FN2O. The zero-order chi connectivity index (χ0) is 9.56. The summed E-state index contributed by atoms with van der Waals surface area (Å²) in [5, 5.41) is 2.90. The van der Waals surface area contributed by atoms with E-state index in [0.29, 0.717) is 13.0 Å². The lowest BCUT2D eigenvalue weighted by atomic mass is 10.0. The van der Waals surface area contributed by atoms with Crippen molar-refractivity contribution in [2.75, 3.05) is 13.2 Å². The van der Waals surface area contributed by atoms with Crippen molar-refractivity contribution < 1.29 is 9.18 Å². The van der Waals surface area contributed by atoms with Crippen molar-refractivity contribution in [3.8, 4) is 0 Å². The molecule has 1 amide bonds. The number of hydrogen-bond acceptors (Lipinski definition) is 2. The molecule has 0 fully saturated rings. The van der Waals surface area contributed by atoms with Crippen LogP contribution < -0.4 is 11.1 Å². The molecule has 1 unspecified atom stereocenters. The molecule has 4 heteroatoms. The van der Waals surface area contributed by atoms with Crippen LogP contribution in [0.15, 0.2) is 0 Å². The Bertz CT molecular complexity index is 139. The lowest BCUT2D eigenvalue weighted by Gasteiger charge is -2.18. The predicted octanol–water partition coefficient (Wildman–Crippen LogP) is 0.445. The van der Waals surface area contributed by atoms with Crippen LogP contribution >= 0.6 is 0 Å². The summed E-state index contributed by atoms with van der Waals surface area (Å²) in [6.45, 7) is 3.94. The van der Waals surface area contributed by atoms with Gasteiger partial charge in [-0.15, -0.1) is 0 Å². The van der Waals surface area contributed by atoms with Crippen LogP contribution in [0, 0.1) is 5.92 Å². The highest BCUT2D eigenvalue weighted by Crippen LogP contribution is 2.00. The Kier molecular flexibility index (Phi) is 5.62. The number of amides is 1. The van der Waals surface area contributed by atoms with Gasteiger partial charge >= 0.3 is 0 Å². The van der Waals surface area contributed by atoms with E-state index in [1.165, 1.54) is 0 Å². The maximum atomic E-state index is 11.7. The van der Waals surface area contributed by atoms with E-state index < -0.39 is 0 Å². The monoisotopic (exact) mass is 176 g/mol. The molecule has 0 bridgehead atoms. The number of hydrogen-bond donors (Lipinski definition) is 2. The van der Waals surface area contributed by atoms with Crippen molar-refractivity contribution in [3.05, 3.63) is 0 Å². The number of halogens is 1. The first-order valence-corrected chi connectivity index (χ1v) is 4.18. The number of alkyl halides is 1. The first-order valence-electron chi connectivity index (χ1n) is 4.18. The third-order valence-electron chi connectivity index (χ3n) is 1.65. The number of nitrogens with two attached hydrogens (primary N) is 1. The molecule has 3 nitrogen and oxygen atoms in total. The van der Waals surface area contributed by atoms with Gasteiger partial charge in [0.05, 0.1) is 12.7 Å². The van der Waals surface area contributed by atoms with E-state index >= 15 is 0 Å². The minimum atomic E-state index is -0.371. The fraction of sp³-hybridized carbons (Fsp3) is 0.875. The molecule has 12 heavy (non-hydrogen) atoms. The summed E-state index contributed by atoms with van der Waals surface area (Å²) < 4.78 is 11.7. The molecule has 0 saturated heterocycles. The maximum Gasteiger partial charge on any atom is 0.234 e. The standard InChI is InChI=1S/C8H17FN2O/c1-6(2)7(8(10)12)11-5-3-4-9/h6-7,11H,3-5H2,1-2H3,(H2,10,12). The smallest absolute Gasteiger partial charge is 0.234 e. The average molecular weight is 176 g/mol. The number of carbonyl (C=O) groups is 1. The quantitative estimate of drug-likeness (QED) is 0.577. The van der Waals surface area contributed by atoms with E-state index in [1.807, 2.05) is 13.8 Å². The molecule has 0 aromatic heterocycles. The van der Waals surface area contributed by atoms with Crippen LogP contribution in [0.1, 0.15) is 20.3 Å². The molecule has 72 valence electrons. The van der Waals surface area contributed by atoms with E-state index in [9.17, 15) is 9.18 Å². The molecule has 0 spiro atoms. The Morgan fingerprint density at radius 2 is 2.17 bits per heavy atom. The molecular weight excluding hydrogens is 159 g/mol. The highest BCUT2D eigenvalue weighted by Gasteiger charge is 2.17. The first-order chi connectivity index (χ1) is 5.59. The van der Waals surface area contributed by atoms with Gasteiger partial charge in [-0.25, -0.2) is 0 Å². The molecule has 0 radical (unpaired) electrons. The van der Waals surface area contributed by atoms with Crippen LogP contribution in [0.4, 0.5) is 4.39 Å². The number of nitrogens with one attached hydrogen (secondary N) is 1. The van der Waals surface area contributed by atoms with Crippen molar-refractivity contribution in [2.45, 2.75) is 26.3 Å². The van der Waals surface area contributed by atoms with Crippen molar-refractivity contribution in [3.63, 3.8) is 0 Å². The van der Waals surface area contributed by atoms with Crippen molar-refractivity contribution >= 4 is 5.91 Å². The van der Waals surface area contributed by atoms with E-state index in [0.717, 1.165) is 0 Å². The van der Waals surface area contributed by atoms with Gasteiger partial charge < -0.3 is 11.1 Å². The Hall–Kier alpha value is -0.640. The number of carbonyl (C=O) groups excluding carboxylic acids is 1. The largest absolute Gasteiger partial charge is 0.368 e. The van der Waals surface area contributed by atoms with Crippen molar-refractivity contribution in [2.24, 2.45) is 11.7 Å². The van der Waals surface area contributed by atoms with E-state index in [4.69, 9.17) is 5.73 Å². The predicted molar refractivity (Wildman–Crippen MR) is 46.4 cm³/mol. The molecule has 0 heterocycles. The Balaban J connectivity index is 3.72. The minimum absolute atomic E-state index is 0.155. The second-order valence-corrected chi connectivity index (χ2v) is 3.12. The van der Waals surface area contributed by atoms with Crippen molar-refractivity contribution in [1.82, 2.24) is 5.32 Å². The summed E-state index contributed by atoms with van der Waals surface area (Å²) in [5.41, 5.74) is 5.12. The van der Waals surface area contributed by atoms with Gasteiger partial charge in [-0.3, -0.25) is 9.18 Å². The van der Waals surface area contributed by atoms with Crippen LogP contribution in [-0.2, 0) is 4.79 Å². The Labute approximate surface area is 72.5 Å².